The van der Waals surface area contributed by atoms with Gasteiger partial charge in [0.15, 0.2) is 0 Å². The van der Waals surface area contributed by atoms with Gasteiger partial charge < -0.3 is 10.6 Å². The van der Waals surface area contributed by atoms with Gasteiger partial charge in [0.05, 0.1) is 4.90 Å². The molecule has 0 aliphatic rings. The van der Waals surface area contributed by atoms with E-state index in [1.807, 2.05) is 32.0 Å². The van der Waals surface area contributed by atoms with Crippen LogP contribution in [-0.2, 0) is 14.8 Å². The number of hydrogen-bond donors (Lipinski definition) is 2. The molecule has 0 saturated heterocycles. The van der Waals surface area contributed by atoms with Crippen LogP contribution in [0.5, 0.6) is 0 Å². The van der Waals surface area contributed by atoms with Crippen molar-refractivity contribution >= 4 is 27.3 Å². The van der Waals surface area contributed by atoms with E-state index < -0.39 is 16.1 Å². The molecule has 7 heteroatoms. The number of hydrogen-bond acceptors (Lipinski definition) is 4. The van der Waals surface area contributed by atoms with E-state index in [2.05, 4.69) is 10.6 Å². The van der Waals surface area contributed by atoms with Crippen molar-refractivity contribution in [3.8, 4) is 0 Å². The van der Waals surface area contributed by atoms with Gasteiger partial charge >= 0.3 is 0 Å². The second kappa shape index (κ2) is 7.88. The fraction of sp³-hybridized carbons (Fsp3) is 0.316. The van der Waals surface area contributed by atoms with E-state index in [4.69, 9.17) is 0 Å². The van der Waals surface area contributed by atoms with Crippen molar-refractivity contribution in [1.29, 1.82) is 0 Å². The SMILES string of the molecule is Cc1ccc(NC(C)C(=O)Nc2cccc(S(=O)(=O)N(C)C)c2)c(C)c1. The topological polar surface area (TPSA) is 78.5 Å². The van der Waals surface area contributed by atoms with Crippen molar-refractivity contribution in [2.75, 3.05) is 24.7 Å². The number of benzene rings is 2. The number of rotatable bonds is 6. The molecule has 2 rings (SSSR count). The molecule has 0 heterocycles. The first-order valence-corrected chi connectivity index (χ1v) is 9.72. The lowest BCUT2D eigenvalue weighted by molar-refractivity contribution is -0.116. The first-order chi connectivity index (χ1) is 12.1. The second-order valence-electron chi connectivity index (χ2n) is 6.49. The number of carbonyl (C=O) groups is 1. The largest absolute Gasteiger partial charge is 0.374 e. The summed E-state index contributed by atoms with van der Waals surface area (Å²) >= 11 is 0. The summed E-state index contributed by atoms with van der Waals surface area (Å²) in [4.78, 5) is 12.6. The van der Waals surface area contributed by atoms with Crippen LogP contribution < -0.4 is 10.6 Å². The molecule has 0 radical (unpaired) electrons. The van der Waals surface area contributed by atoms with Gasteiger partial charge in [0.2, 0.25) is 15.9 Å². The van der Waals surface area contributed by atoms with Crippen molar-refractivity contribution in [2.24, 2.45) is 0 Å². The monoisotopic (exact) mass is 375 g/mol. The molecule has 0 saturated carbocycles. The zero-order chi connectivity index (χ0) is 19.5. The molecule has 1 amide bonds. The lowest BCUT2D eigenvalue weighted by atomic mass is 10.1. The minimum atomic E-state index is -3.55. The third kappa shape index (κ3) is 4.62. The van der Waals surface area contributed by atoms with Crippen LogP contribution in [0.1, 0.15) is 18.1 Å². The van der Waals surface area contributed by atoms with E-state index in [1.54, 1.807) is 19.1 Å². The highest BCUT2D eigenvalue weighted by Gasteiger charge is 2.19. The number of aryl methyl sites for hydroxylation is 2. The summed E-state index contributed by atoms with van der Waals surface area (Å²) in [5.74, 6) is -0.246. The average molecular weight is 375 g/mol. The lowest BCUT2D eigenvalue weighted by Crippen LogP contribution is -2.32. The quantitative estimate of drug-likeness (QED) is 0.814. The normalized spacial score (nSPS) is 12.7. The Labute approximate surface area is 155 Å². The zero-order valence-electron chi connectivity index (χ0n) is 15.7. The average Bonchev–Trinajstić information content (AvgIpc) is 2.57. The molecule has 0 spiro atoms. The highest BCUT2D eigenvalue weighted by Crippen LogP contribution is 2.20. The van der Waals surface area contributed by atoms with Gasteiger partial charge in [-0.3, -0.25) is 4.79 Å². The number of carbonyl (C=O) groups excluding carboxylic acids is 1. The third-order valence-corrected chi connectivity index (χ3v) is 5.84. The first kappa shape index (κ1) is 19.9. The first-order valence-electron chi connectivity index (χ1n) is 8.28. The molecule has 0 aromatic heterocycles. The van der Waals surface area contributed by atoms with E-state index in [9.17, 15) is 13.2 Å². The smallest absolute Gasteiger partial charge is 0.246 e. The van der Waals surface area contributed by atoms with Gasteiger partial charge in [0, 0.05) is 25.5 Å². The summed E-state index contributed by atoms with van der Waals surface area (Å²) in [5.41, 5.74) is 3.54. The third-order valence-electron chi connectivity index (χ3n) is 4.03. The molecule has 6 nitrogen and oxygen atoms in total. The summed E-state index contributed by atoms with van der Waals surface area (Å²) in [6.07, 6.45) is 0. The van der Waals surface area contributed by atoms with Gasteiger partial charge in [0.25, 0.3) is 0 Å². The molecule has 0 fully saturated rings. The van der Waals surface area contributed by atoms with Gasteiger partial charge in [0.1, 0.15) is 6.04 Å². The summed E-state index contributed by atoms with van der Waals surface area (Å²) in [6.45, 7) is 5.76. The molecule has 0 aliphatic heterocycles. The highest BCUT2D eigenvalue weighted by molar-refractivity contribution is 7.89. The summed E-state index contributed by atoms with van der Waals surface area (Å²) in [5, 5.41) is 5.94. The summed E-state index contributed by atoms with van der Waals surface area (Å²) in [6, 6.07) is 11.7. The van der Waals surface area contributed by atoms with E-state index in [0.717, 1.165) is 21.1 Å². The Hall–Kier alpha value is -2.38. The van der Waals surface area contributed by atoms with E-state index >= 15 is 0 Å². The zero-order valence-corrected chi connectivity index (χ0v) is 16.5. The minimum absolute atomic E-state index is 0.135. The number of sulfonamides is 1. The highest BCUT2D eigenvalue weighted by atomic mass is 32.2. The van der Waals surface area contributed by atoms with Crippen LogP contribution in [0.4, 0.5) is 11.4 Å². The molecule has 1 unspecified atom stereocenters. The molecule has 2 N–H and O–H groups in total. The van der Waals surface area contributed by atoms with Crippen LogP contribution >= 0.6 is 0 Å². The second-order valence-corrected chi connectivity index (χ2v) is 8.64. The Morgan fingerprint density at radius 2 is 1.77 bits per heavy atom. The molecule has 0 bridgehead atoms. The molecule has 0 aliphatic carbocycles. The van der Waals surface area contributed by atoms with Crippen LogP contribution in [-0.4, -0.2) is 38.8 Å². The molecule has 2 aromatic rings. The Bertz CT molecular complexity index is 908. The van der Waals surface area contributed by atoms with E-state index in [1.165, 1.54) is 26.2 Å². The maximum absolute atomic E-state index is 12.5. The van der Waals surface area contributed by atoms with Crippen molar-refractivity contribution in [2.45, 2.75) is 31.7 Å². The van der Waals surface area contributed by atoms with Crippen molar-refractivity contribution in [1.82, 2.24) is 4.31 Å². The Kier molecular flexibility index (Phi) is 6.05. The van der Waals surface area contributed by atoms with Crippen molar-refractivity contribution in [3.63, 3.8) is 0 Å². The van der Waals surface area contributed by atoms with Crippen molar-refractivity contribution in [3.05, 3.63) is 53.6 Å². The molecule has 2 aromatic carbocycles. The van der Waals surface area contributed by atoms with Crippen LogP contribution in [0.25, 0.3) is 0 Å². The fourth-order valence-electron chi connectivity index (χ4n) is 2.47. The maximum Gasteiger partial charge on any atom is 0.246 e. The predicted molar refractivity (Wildman–Crippen MR) is 105 cm³/mol. The number of amides is 1. The number of anilines is 2. The molecular formula is C19H25N3O3S. The fourth-order valence-corrected chi connectivity index (χ4v) is 3.42. The molecule has 140 valence electrons. The predicted octanol–water partition coefficient (Wildman–Crippen LogP) is 2.99. The van der Waals surface area contributed by atoms with Crippen LogP contribution in [0.15, 0.2) is 47.4 Å². The van der Waals surface area contributed by atoms with E-state index in [0.29, 0.717) is 5.69 Å². The van der Waals surface area contributed by atoms with Gasteiger partial charge in [-0.2, -0.15) is 0 Å². The van der Waals surface area contributed by atoms with Crippen molar-refractivity contribution < 1.29 is 13.2 Å². The Balaban J connectivity index is 2.12. The molecule has 26 heavy (non-hydrogen) atoms. The molecule has 1 atom stereocenters. The Morgan fingerprint density at radius 3 is 2.38 bits per heavy atom. The number of nitrogens with one attached hydrogen (secondary N) is 2. The van der Waals surface area contributed by atoms with Gasteiger partial charge in [-0.25, -0.2) is 12.7 Å². The summed E-state index contributed by atoms with van der Waals surface area (Å²) < 4.78 is 25.6. The standard InChI is InChI=1S/C19H25N3O3S/c1-13-9-10-18(14(2)11-13)20-15(3)19(23)21-16-7-6-8-17(12-16)26(24,25)22(4)5/h6-12,15,20H,1-5H3,(H,21,23). The van der Waals surface area contributed by atoms with Gasteiger partial charge in [-0.05, 0) is 50.6 Å². The van der Waals surface area contributed by atoms with Gasteiger partial charge in [-0.15, -0.1) is 0 Å². The van der Waals surface area contributed by atoms with Crippen LogP contribution in [0, 0.1) is 13.8 Å². The van der Waals surface area contributed by atoms with E-state index in [-0.39, 0.29) is 10.8 Å². The van der Waals surface area contributed by atoms with Gasteiger partial charge in [-0.1, -0.05) is 23.8 Å². The lowest BCUT2D eigenvalue weighted by Gasteiger charge is -2.18. The number of nitrogens with zero attached hydrogens (tertiary/aromatic N) is 1. The Morgan fingerprint density at radius 1 is 1.08 bits per heavy atom. The van der Waals surface area contributed by atoms with Crippen LogP contribution in [0.3, 0.4) is 0 Å². The minimum Gasteiger partial charge on any atom is -0.374 e. The van der Waals surface area contributed by atoms with Crippen LogP contribution in [0.2, 0.25) is 0 Å². The summed E-state index contributed by atoms with van der Waals surface area (Å²) in [7, 11) is -0.610. The maximum atomic E-state index is 12.5. The molecular weight excluding hydrogens is 350 g/mol.